The maximum absolute atomic E-state index is 14.5. The van der Waals surface area contributed by atoms with Crippen LogP contribution >= 0.6 is 0 Å². The van der Waals surface area contributed by atoms with Gasteiger partial charge in [0, 0.05) is 37.4 Å². The Balaban J connectivity index is 1.42. The number of piperidine rings is 1. The zero-order valence-corrected chi connectivity index (χ0v) is 23.0. The van der Waals surface area contributed by atoms with Gasteiger partial charge in [-0.3, -0.25) is 9.80 Å². The number of anilines is 2. The molecule has 0 saturated carbocycles. The number of hydrogen-bond acceptors (Lipinski definition) is 7. The average Bonchev–Trinajstić information content (AvgIpc) is 3.25. The molecule has 2 aromatic rings. The van der Waals surface area contributed by atoms with Gasteiger partial charge < -0.3 is 19.1 Å². The van der Waals surface area contributed by atoms with Crippen molar-refractivity contribution in [2.75, 3.05) is 36.7 Å². The van der Waals surface area contributed by atoms with Gasteiger partial charge in [-0.1, -0.05) is 13.8 Å². The molecule has 0 radical (unpaired) electrons. The smallest absolute Gasteiger partial charge is 0.431 e. The average molecular weight is 606 g/mol. The molecule has 0 aliphatic carbocycles. The predicted molar refractivity (Wildman–Crippen MR) is 140 cm³/mol. The van der Waals surface area contributed by atoms with E-state index in [4.69, 9.17) is 9.47 Å². The Morgan fingerprint density at radius 1 is 1.02 bits per heavy atom. The van der Waals surface area contributed by atoms with E-state index in [0.29, 0.717) is 30.9 Å². The molecule has 7 nitrogen and oxygen atoms in total. The normalized spacial score (nSPS) is 23.0. The molecule has 0 unspecified atom stereocenters. The summed E-state index contributed by atoms with van der Waals surface area (Å²) in [6.07, 6.45) is -9.27. The number of benzene rings is 2. The monoisotopic (exact) mass is 605 g/mol. The first-order valence-electron chi connectivity index (χ1n) is 13.2. The van der Waals surface area contributed by atoms with Crippen molar-refractivity contribution >= 4 is 23.1 Å². The van der Waals surface area contributed by atoms with E-state index in [1.807, 2.05) is 6.92 Å². The molecule has 4 atom stereocenters. The number of hydrazone groups is 1. The van der Waals surface area contributed by atoms with Crippen molar-refractivity contribution in [2.24, 2.45) is 16.9 Å². The summed E-state index contributed by atoms with van der Waals surface area (Å²) in [6.45, 7) is 2.49. The summed E-state index contributed by atoms with van der Waals surface area (Å²) in [6, 6.07) is 8.86. The Bertz CT molecular complexity index is 1280. The van der Waals surface area contributed by atoms with Crippen LogP contribution in [-0.4, -0.2) is 63.0 Å². The number of alkyl halides is 6. The molecule has 2 aliphatic heterocycles. The van der Waals surface area contributed by atoms with Crippen molar-refractivity contribution in [1.82, 2.24) is 0 Å². The van der Waals surface area contributed by atoms with Crippen LogP contribution in [0.2, 0.25) is 0 Å². The molecule has 0 N–H and O–H groups in total. The number of carbonyl (C=O) groups is 1. The van der Waals surface area contributed by atoms with E-state index in [0.717, 1.165) is 19.2 Å². The lowest BCUT2D eigenvalue weighted by atomic mass is 9.94. The highest BCUT2D eigenvalue weighted by molar-refractivity contribution is 5.96. The number of halogens is 7. The second-order valence-electron chi connectivity index (χ2n) is 10.3. The van der Waals surface area contributed by atoms with Crippen LogP contribution < -0.4 is 19.4 Å². The third-order valence-corrected chi connectivity index (χ3v) is 7.31. The van der Waals surface area contributed by atoms with Gasteiger partial charge in [0.15, 0.2) is 6.61 Å². The zero-order chi connectivity index (χ0) is 30.8. The van der Waals surface area contributed by atoms with Gasteiger partial charge in [0.05, 0.1) is 30.9 Å². The number of esters is 1. The zero-order valence-electron chi connectivity index (χ0n) is 23.0. The van der Waals surface area contributed by atoms with Crippen LogP contribution in [-0.2, 0) is 9.53 Å². The summed E-state index contributed by atoms with van der Waals surface area (Å²) in [5, 5.41) is 4.96. The maximum atomic E-state index is 14.5. The Kier molecular flexibility index (Phi) is 9.12. The lowest BCUT2D eigenvalue weighted by Crippen LogP contribution is -2.44. The van der Waals surface area contributed by atoms with Crippen molar-refractivity contribution in [3.8, 4) is 11.5 Å². The van der Waals surface area contributed by atoms with Crippen LogP contribution in [0.1, 0.15) is 26.7 Å². The topological polar surface area (TPSA) is 63.6 Å². The molecule has 0 aromatic heterocycles. The molecule has 14 heteroatoms. The van der Waals surface area contributed by atoms with E-state index in [9.17, 15) is 35.5 Å². The van der Waals surface area contributed by atoms with Gasteiger partial charge in [-0.2, -0.15) is 31.4 Å². The maximum Gasteiger partial charge on any atom is 0.431 e. The van der Waals surface area contributed by atoms with Gasteiger partial charge in [-0.25, -0.2) is 4.39 Å². The molecular weight excluding hydrogens is 575 g/mol. The van der Waals surface area contributed by atoms with Gasteiger partial charge >= 0.3 is 18.3 Å². The fourth-order valence-corrected chi connectivity index (χ4v) is 5.12. The quantitative estimate of drug-likeness (QED) is 0.258. The standard InChI is InChI=1S/C28H30F7N3O4/c1-16-14-37(23-12-20(8-9-21(23)29)41-15-27(30,31)32)11-10-24(16)42-19-6-4-18(5-7-19)38-22(13-25(39)40-3)17(2)26(36-38)28(33,34)35/h4-9,12,16-17,22,24H,10-11,13-15H2,1-3H3/t16-,17-,22-,24-/m0/s1. The van der Waals surface area contributed by atoms with Crippen molar-refractivity contribution in [1.29, 1.82) is 0 Å². The highest BCUT2D eigenvalue weighted by atomic mass is 19.4. The molecule has 0 amide bonds. The SMILES string of the molecule is COC(=O)C[C@H]1[C@H](C)C(C(F)(F)F)=NN1c1ccc(O[C@H]2CCN(c3cc(OCC(F)(F)F)ccc3F)C[C@@H]2C)cc1. The first kappa shape index (κ1) is 31.2. The highest BCUT2D eigenvalue weighted by Gasteiger charge is 2.49. The number of methoxy groups -OCH3 is 1. The molecule has 0 spiro atoms. The summed E-state index contributed by atoms with van der Waals surface area (Å²) in [4.78, 5) is 13.6. The van der Waals surface area contributed by atoms with E-state index in [2.05, 4.69) is 9.84 Å². The lowest BCUT2D eigenvalue weighted by molar-refractivity contribution is -0.153. The number of carbonyl (C=O) groups excluding carboxylic acids is 1. The van der Waals surface area contributed by atoms with Crippen LogP contribution in [0.15, 0.2) is 47.6 Å². The van der Waals surface area contributed by atoms with Crippen molar-refractivity contribution in [3.05, 3.63) is 48.3 Å². The molecular formula is C28H30F7N3O4. The second-order valence-corrected chi connectivity index (χ2v) is 10.3. The summed E-state index contributed by atoms with van der Waals surface area (Å²) >= 11 is 0. The van der Waals surface area contributed by atoms with Crippen LogP contribution in [0.25, 0.3) is 0 Å². The molecule has 42 heavy (non-hydrogen) atoms. The molecule has 230 valence electrons. The summed E-state index contributed by atoms with van der Waals surface area (Å²) in [5.41, 5.74) is -0.510. The lowest BCUT2D eigenvalue weighted by Gasteiger charge is -2.38. The Hall–Kier alpha value is -3.71. The summed E-state index contributed by atoms with van der Waals surface area (Å²) < 4.78 is 108. The Morgan fingerprint density at radius 3 is 2.29 bits per heavy atom. The van der Waals surface area contributed by atoms with Crippen LogP contribution in [0.4, 0.5) is 42.1 Å². The largest absolute Gasteiger partial charge is 0.490 e. The van der Waals surface area contributed by atoms with Gasteiger partial charge in [0.2, 0.25) is 0 Å². The minimum absolute atomic E-state index is 0.0947. The first-order chi connectivity index (χ1) is 19.7. The molecule has 1 fully saturated rings. The minimum atomic E-state index is -4.66. The van der Waals surface area contributed by atoms with Crippen LogP contribution in [0, 0.1) is 17.7 Å². The summed E-state index contributed by atoms with van der Waals surface area (Å²) in [5.74, 6) is -2.06. The number of hydrogen-bond donors (Lipinski definition) is 0. The third kappa shape index (κ3) is 7.37. The van der Waals surface area contributed by atoms with E-state index < -0.39 is 48.4 Å². The molecule has 4 rings (SSSR count). The third-order valence-electron chi connectivity index (χ3n) is 7.31. The first-order valence-corrected chi connectivity index (χ1v) is 13.2. The Morgan fingerprint density at radius 2 is 1.69 bits per heavy atom. The van der Waals surface area contributed by atoms with Gasteiger partial charge in [0.1, 0.15) is 29.1 Å². The Labute approximate surface area is 237 Å². The van der Waals surface area contributed by atoms with Crippen LogP contribution in [0.3, 0.4) is 0 Å². The van der Waals surface area contributed by atoms with Crippen molar-refractivity contribution in [3.63, 3.8) is 0 Å². The number of nitrogens with zero attached hydrogens (tertiary/aromatic N) is 3. The van der Waals surface area contributed by atoms with Gasteiger partial charge in [-0.05, 0) is 36.4 Å². The predicted octanol–water partition coefficient (Wildman–Crippen LogP) is 6.37. The molecule has 1 saturated heterocycles. The number of ether oxygens (including phenoxy) is 3. The summed E-state index contributed by atoms with van der Waals surface area (Å²) in [7, 11) is 1.16. The fraction of sp³-hybridized carbons (Fsp3) is 0.500. The molecule has 0 bridgehead atoms. The van der Waals surface area contributed by atoms with Gasteiger partial charge in [0.25, 0.3) is 0 Å². The van der Waals surface area contributed by atoms with Crippen molar-refractivity contribution < 1.29 is 49.7 Å². The fourth-order valence-electron chi connectivity index (χ4n) is 5.12. The van der Waals surface area contributed by atoms with E-state index in [1.54, 1.807) is 29.2 Å². The molecule has 2 aromatic carbocycles. The molecule has 2 heterocycles. The van der Waals surface area contributed by atoms with E-state index in [1.165, 1.54) is 18.0 Å². The van der Waals surface area contributed by atoms with E-state index in [-0.39, 0.29) is 29.9 Å². The van der Waals surface area contributed by atoms with Crippen LogP contribution in [0.5, 0.6) is 11.5 Å². The second kappa shape index (κ2) is 12.3. The number of rotatable bonds is 8. The van der Waals surface area contributed by atoms with E-state index >= 15 is 0 Å². The minimum Gasteiger partial charge on any atom is -0.490 e. The van der Waals surface area contributed by atoms with Crippen molar-refractivity contribution in [2.45, 2.75) is 51.2 Å². The highest BCUT2D eigenvalue weighted by Crippen LogP contribution is 2.37. The van der Waals surface area contributed by atoms with Gasteiger partial charge in [-0.15, -0.1) is 0 Å². The molecule has 2 aliphatic rings.